The molecule has 9 nitrogen and oxygen atoms in total. The number of methoxy groups -OCH3 is 1. The predicted molar refractivity (Wildman–Crippen MR) is 110 cm³/mol. The number of hydrogen-bond acceptors (Lipinski definition) is 6. The van der Waals surface area contributed by atoms with Gasteiger partial charge in [-0.2, -0.15) is 0 Å². The fourth-order valence-electron chi connectivity index (χ4n) is 3.30. The van der Waals surface area contributed by atoms with Crippen LogP contribution in [0.4, 0.5) is 11.4 Å². The van der Waals surface area contributed by atoms with Crippen molar-refractivity contribution in [2.75, 3.05) is 12.4 Å². The third kappa shape index (κ3) is 4.00. The number of nitro benzene ring substituents is 1. The molecule has 0 aliphatic heterocycles. The number of nitro groups is 1. The zero-order valence-corrected chi connectivity index (χ0v) is 17.2. The average molecular weight is 418 g/mol. The number of carbonyl (C=O) groups excluding carboxylic acids is 1. The Morgan fingerprint density at radius 2 is 2.10 bits per heavy atom. The molecule has 2 aromatic heterocycles. The topological polar surface area (TPSA) is 112 Å². The fourth-order valence-corrected chi connectivity index (χ4v) is 3.49. The molecule has 0 atom stereocenters. The van der Waals surface area contributed by atoms with E-state index in [9.17, 15) is 14.9 Å². The minimum absolute atomic E-state index is 0.0176. The molecule has 3 aromatic rings. The molecule has 3 rings (SSSR count). The summed E-state index contributed by atoms with van der Waals surface area (Å²) in [4.78, 5) is 27.4. The lowest BCUT2D eigenvalue weighted by molar-refractivity contribution is -0.384. The maximum absolute atomic E-state index is 12.4. The number of aromatic nitrogens is 3. The Morgan fingerprint density at radius 1 is 1.38 bits per heavy atom. The number of nitrogens with zero attached hydrogens (tertiary/aromatic N) is 4. The maximum atomic E-state index is 12.4. The van der Waals surface area contributed by atoms with Crippen LogP contribution < -0.4 is 10.1 Å². The normalized spacial score (nSPS) is 10.9. The van der Waals surface area contributed by atoms with Crippen molar-refractivity contribution in [1.82, 2.24) is 14.8 Å². The molecule has 0 spiro atoms. The molecule has 0 saturated carbocycles. The number of rotatable bonds is 6. The van der Waals surface area contributed by atoms with Crippen LogP contribution in [0.2, 0.25) is 5.02 Å². The standard InChI is InChI=1S/C19H20ClN5O4/c1-10-13(11(2)21-18-17(10)19(29-4)23-24(18)3)6-8-16(26)22-12-5-7-14(20)15(9-12)25(27)28/h5,7,9H,6,8H2,1-4H3,(H,22,26). The van der Waals surface area contributed by atoms with Crippen LogP contribution in [0.15, 0.2) is 18.2 Å². The summed E-state index contributed by atoms with van der Waals surface area (Å²) in [6, 6.07) is 4.15. The Labute approximate surface area is 171 Å². The fraction of sp³-hybridized carbons (Fsp3) is 0.316. The first-order valence-electron chi connectivity index (χ1n) is 8.83. The average Bonchev–Trinajstić information content (AvgIpc) is 2.98. The van der Waals surface area contributed by atoms with Crippen LogP contribution in [-0.4, -0.2) is 32.7 Å². The number of carbonyl (C=O) groups is 1. The molecule has 0 bridgehead atoms. The predicted octanol–water partition coefficient (Wildman–Crippen LogP) is 3.73. The number of hydrogen-bond donors (Lipinski definition) is 1. The Bertz CT molecular complexity index is 1130. The van der Waals surface area contributed by atoms with Gasteiger partial charge in [-0.1, -0.05) is 11.6 Å². The van der Waals surface area contributed by atoms with E-state index in [1.807, 2.05) is 13.8 Å². The minimum Gasteiger partial charge on any atom is -0.479 e. The number of aryl methyl sites for hydroxylation is 3. The quantitative estimate of drug-likeness (QED) is 0.483. The van der Waals surface area contributed by atoms with Gasteiger partial charge in [-0.15, -0.1) is 5.10 Å². The molecule has 0 aliphatic carbocycles. The maximum Gasteiger partial charge on any atom is 0.289 e. The smallest absolute Gasteiger partial charge is 0.289 e. The summed E-state index contributed by atoms with van der Waals surface area (Å²) in [5.74, 6) is 0.227. The molecule has 1 amide bonds. The summed E-state index contributed by atoms with van der Waals surface area (Å²) in [7, 11) is 3.36. The summed E-state index contributed by atoms with van der Waals surface area (Å²) in [6.07, 6.45) is 0.647. The van der Waals surface area contributed by atoms with Crippen LogP contribution in [0.25, 0.3) is 11.0 Å². The lowest BCUT2D eigenvalue weighted by atomic mass is 10.00. The molecule has 1 aromatic carbocycles. The van der Waals surface area contributed by atoms with Crippen molar-refractivity contribution in [3.8, 4) is 5.88 Å². The second kappa shape index (κ2) is 8.04. The van der Waals surface area contributed by atoms with E-state index in [1.165, 1.54) is 18.2 Å². The van der Waals surface area contributed by atoms with Crippen LogP contribution in [0.3, 0.4) is 0 Å². The molecule has 2 heterocycles. The molecular weight excluding hydrogens is 398 g/mol. The zero-order valence-electron chi connectivity index (χ0n) is 16.4. The van der Waals surface area contributed by atoms with Gasteiger partial charge < -0.3 is 10.1 Å². The second-order valence-corrected chi connectivity index (χ2v) is 7.01. The van der Waals surface area contributed by atoms with Gasteiger partial charge in [0, 0.05) is 30.9 Å². The highest BCUT2D eigenvalue weighted by molar-refractivity contribution is 6.32. The van der Waals surface area contributed by atoms with E-state index in [1.54, 1.807) is 18.8 Å². The van der Waals surface area contributed by atoms with E-state index in [-0.39, 0.29) is 23.0 Å². The number of halogens is 1. The van der Waals surface area contributed by atoms with E-state index < -0.39 is 4.92 Å². The lowest BCUT2D eigenvalue weighted by Gasteiger charge is -2.11. The number of amides is 1. The van der Waals surface area contributed by atoms with Crippen molar-refractivity contribution in [1.29, 1.82) is 0 Å². The van der Waals surface area contributed by atoms with Gasteiger partial charge in [-0.05, 0) is 43.5 Å². The Balaban J connectivity index is 1.79. The van der Waals surface area contributed by atoms with Crippen molar-refractivity contribution in [3.63, 3.8) is 0 Å². The first-order valence-corrected chi connectivity index (χ1v) is 9.21. The Kier molecular flexibility index (Phi) is 5.69. The van der Waals surface area contributed by atoms with Crippen LogP contribution in [0.1, 0.15) is 23.2 Å². The molecule has 29 heavy (non-hydrogen) atoms. The molecule has 10 heteroatoms. The largest absolute Gasteiger partial charge is 0.479 e. The van der Waals surface area contributed by atoms with E-state index >= 15 is 0 Å². The number of anilines is 1. The summed E-state index contributed by atoms with van der Waals surface area (Å²) in [6.45, 7) is 3.85. The van der Waals surface area contributed by atoms with Gasteiger partial charge in [0.2, 0.25) is 11.8 Å². The van der Waals surface area contributed by atoms with Gasteiger partial charge in [0.25, 0.3) is 5.69 Å². The van der Waals surface area contributed by atoms with Crippen LogP contribution in [0.5, 0.6) is 5.88 Å². The van der Waals surface area contributed by atoms with Crippen molar-refractivity contribution in [2.24, 2.45) is 7.05 Å². The van der Waals surface area contributed by atoms with E-state index in [4.69, 9.17) is 16.3 Å². The Hall–Kier alpha value is -3.20. The number of benzene rings is 1. The van der Waals surface area contributed by atoms with Crippen LogP contribution in [0, 0.1) is 24.0 Å². The van der Waals surface area contributed by atoms with E-state index in [0.717, 1.165) is 27.9 Å². The molecule has 0 radical (unpaired) electrons. The third-order valence-corrected chi connectivity index (χ3v) is 5.06. The number of nitrogens with one attached hydrogen (secondary N) is 1. The second-order valence-electron chi connectivity index (χ2n) is 6.60. The lowest BCUT2D eigenvalue weighted by Crippen LogP contribution is -2.13. The SMILES string of the molecule is COc1nn(C)c2nc(C)c(CCC(=O)Nc3ccc(Cl)c([N+](=O)[O-])c3)c(C)c12. The van der Waals surface area contributed by atoms with Crippen molar-refractivity contribution in [3.05, 3.63) is 50.2 Å². The molecule has 0 unspecified atom stereocenters. The minimum atomic E-state index is -0.590. The van der Waals surface area contributed by atoms with E-state index in [0.29, 0.717) is 18.0 Å². The van der Waals surface area contributed by atoms with Crippen LogP contribution >= 0.6 is 11.6 Å². The van der Waals surface area contributed by atoms with Gasteiger partial charge in [0.15, 0.2) is 5.65 Å². The van der Waals surface area contributed by atoms with Crippen molar-refractivity contribution >= 4 is 39.9 Å². The van der Waals surface area contributed by atoms with Gasteiger partial charge in [0.05, 0.1) is 17.4 Å². The van der Waals surface area contributed by atoms with Crippen molar-refractivity contribution < 1.29 is 14.5 Å². The summed E-state index contributed by atoms with van der Waals surface area (Å²) in [5.41, 5.74) is 3.51. The number of pyridine rings is 1. The molecule has 0 saturated heterocycles. The van der Waals surface area contributed by atoms with Gasteiger partial charge in [-0.25, -0.2) is 9.67 Å². The molecular formula is C19H20ClN5O4. The number of ether oxygens (including phenoxy) is 1. The van der Waals surface area contributed by atoms with E-state index in [2.05, 4.69) is 15.4 Å². The molecule has 152 valence electrons. The first kappa shape index (κ1) is 20.5. The molecule has 1 N–H and O–H groups in total. The third-order valence-electron chi connectivity index (χ3n) is 4.74. The van der Waals surface area contributed by atoms with Crippen molar-refractivity contribution in [2.45, 2.75) is 26.7 Å². The van der Waals surface area contributed by atoms with Gasteiger partial charge in [-0.3, -0.25) is 14.9 Å². The Morgan fingerprint density at radius 3 is 2.76 bits per heavy atom. The van der Waals surface area contributed by atoms with Gasteiger partial charge >= 0.3 is 0 Å². The van der Waals surface area contributed by atoms with Gasteiger partial charge in [0.1, 0.15) is 5.02 Å². The monoisotopic (exact) mass is 417 g/mol. The highest BCUT2D eigenvalue weighted by Crippen LogP contribution is 2.31. The van der Waals surface area contributed by atoms with Crippen LogP contribution in [-0.2, 0) is 18.3 Å². The molecule has 0 fully saturated rings. The first-order chi connectivity index (χ1) is 13.7. The summed E-state index contributed by atoms with van der Waals surface area (Å²) in [5, 5.41) is 18.8. The highest BCUT2D eigenvalue weighted by atomic mass is 35.5. The summed E-state index contributed by atoms with van der Waals surface area (Å²) >= 11 is 5.80. The number of fused-ring (bicyclic) bond motifs is 1. The summed E-state index contributed by atoms with van der Waals surface area (Å²) < 4.78 is 7.02. The molecule has 0 aliphatic rings. The zero-order chi connectivity index (χ0) is 21.3. The highest BCUT2D eigenvalue weighted by Gasteiger charge is 2.19.